The zero-order valence-electron chi connectivity index (χ0n) is 17.3. The Morgan fingerprint density at radius 2 is 1.84 bits per heavy atom. The van der Waals surface area contributed by atoms with Crippen LogP contribution in [0.2, 0.25) is 0 Å². The molecule has 1 atom stereocenters. The Morgan fingerprint density at radius 3 is 2.39 bits per heavy atom. The van der Waals surface area contributed by atoms with Crippen molar-refractivity contribution in [1.82, 2.24) is 5.32 Å². The fourth-order valence-electron chi connectivity index (χ4n) is 3.83. The van der Waals surface area contributed by atoms with Gasteiger partial charge in [-0.25, -0.2) is 13.6 Å². The Hall–Kier alpha value is -3.18. The number of fused-ring (bicyclic) bond motifs is 3. The molecule has 1 aliphatic carbocycles. The van der Waals surface area contributed by atoms with Crippen molar-refractivity contribution in [3.8, 4) is 17.2 Å². The number of nitrogens with two attached hydrogens (primary N) is 1. The maximum Gasteiger partial charge on any atom is 0.210 e. The number of hydrogen-bond acceptors (Lipinski definition) is 9. The van der Waals surface area contributed by atoms with Crippen molar-refractivity contribution in [3.63, 3.8) is 0 Å². The van der Waals surface area contributed by atoms with Crippen LogP contribution in [0.5, 0.6) is 17.2 Å². The normalized spacial score (nSPS) is 21.8. The summed E-state index contributed by atoms with van der Waals surface area (Å²) in [6, 6.07) is 0. The second-order valence-electron chi connectivity index (χ2n) is 7.68. The summed E-state index contributed by atoms with van der Waals surface area (Å²) in [6.45, 7) is 5.35. The molecule has 1 aromatic carbocycles. The summed E-state index contributed by atoms with van der Waals surface area (Å²) in [4.78, 5) is 38.3. The number of phenols is 2. The van der Waals surface area contributed by atoms with Crippen molar-refractivity contribution in [2.45, 2.75) is 33.1 Å². The van der Waals surface area contributed by atoms with Crippen molar-refractivity contribution in [3.05, 3.63) is 39.8 Å². The van der Waals surface area contributed by atoms with Gasteiger partial charge >= 0.3 is 0 Å². The molecule has 1 aromatic rings. The molecule has 5 N–H and O–H groups in total. The summed E-state index contributed by atoms with van der Waals surface area (Å²) < 4.78 is 27.9. The fraction of sp³-hybridized carbons (Fsp3) is 0.350. The van der Waals surface area contributed by atoms with Gasteiger partial charge in [-0.1, -0.05) is 0 Å². The van der Waals surface area contributed by atoms with E-state index in [1.165, 1.54) is 27.7 Å². The number of carbonyl (C=O) groups is 3. The van der Waals surface area contributed by atoms with Gasteiger partial charge in [0.2, 0.25) is 10.0 Å². The van der Waals surface area contributed by atoms with Crippen LogP contribution in [-0.4, -0.2) is 48.3 Å². The molecule has 0 fully saturated rings. The van der Waals surface area contributed by atoms with Gasteiger partial charge in [0.25, 0.3) is 0 Å². The Kier molecular flexibility index (Phi) is 5.23. The molecule has 0 amide bonds. The quantitative estimate of drug-likeness (QED) is 0.282. The monoisotopic (exact) mass is 450 g/mol. The molecule has 0 radical (unpaired) electrons. The number of allylic oxidation sites excluding steroid dienone is 4. The number of primary sulfonamides is 1. The summed E-state index contributed by atoms with van der Waals surface area (Å²) in [6.07, 6.45) is 1.08. The van der Waals surface area contributed by atoms with Gasteiger partial charge in [0.05, 0.1) is 16.9 Å². The molecule has 31 heavy (non-hydrogen) atoms. The van der Waals surface area contributed by atoms with E-state index in [1.807, 2.05) is 0 Å². The number of phenolic OH excluding ortho intramolecular Hbond substituents is 2. The van der Waals surface area contributed by atoms with E-state index in [4.69, 9.17) is 9.88 Å². The van der Waals surface area contributed by atoms with E-state index in [0.717, 1.165) is 6.08 Å². The van der Waals surface area contributed by atoms with E-state index in [0.29, 0.717) is 0 Å². The number of sulfonamides is 1. The third-order valence-corrected chi connectivity index (χ3v) is 6.31. The van der Waals surface area contributed by atoms with Crippen LogP contribution in [0.4, 0.5) is 0 Å². The number of benzene rings is 1. The van der Waals surface area contributed by atoms with Gasteiger partial charge in [-0.15, -0.1) is 0 Å². The first-order chi connectivity index (χ1) is 14.2. The zero-order valence-corrected chi connectivity index (χ0v) is 18.1. The Bertz CT molecular complexity index is 1230. The second-order valence-corrected chi connectivity index (χ2v) is 9.41. The first-order valence-corrected chi connectivity index (χ1v) is 11.0. The van der Waals surface area contributed by atoms with Gasteiger partial charge in [0.1, 0.15) is 34.0 Å². The van der Waals surface area contributed by atoms with Gasteiger partial charge in [-0.3, -0.25) is 14.4 Å². The maximum absolute atomic E-state index is 13.5. The summed E-state index contributed by atoms with van der Waals surface area (Å²) in [5, 5.41) is 28.7. The van der Waals surface area contributed by atoms with E-state index in [1.54, 1.807) is 0 Å². The highest BCUT2D eigenvalue weighted by Gasteiger charge is 2.56. The number of Topliss-reactive ketones (excluding diaryl/α,β-unsaturated/α-hetero) is 2. The molecule has 2 aliphatic rings. The van der Waals surface area contributed by atoms with Gasteiger partial charge in [0.15, 0.2) is 17.3 Å². The van der Waals surface area contributed by atoms with E-state index >= 15 is 0 Å². The molecule has 0 spiro atoms. The summed E-state index contributed by atoms with van der Waals surface area (Å²) in [5.74, 6) is -3.50. The van der Waals surface area contributed by atoms with Crippen LogP contribution in [-0.2, 0) is 25.0 Å². The molecule has 1 aliphatic heterocycles. The molecule has 11 heteroatoms. The number of hydrogen-bond donors (Lipinski definition) is 4. The van der Waals surface area contributed by atoms with Crippen molar-refractivity contribution in [2.75, 3.05) is 12.3 Å². The minimum atomic E-state index is -3.75. The van der Waals surface area contributed by atoms with Gasteiger partial charge in [-0.2, -0.15) is 0 Å². The third kappa shape index (κ3) is 3.39. The van der Waals surface area contributed by atoms with E-state index in [9.17, 15) is 33.0 Å². The minimum absolute atomic E-state index is 0.00625. The zero-order chi connectivity index (χ0) is 23.5. The number of carbonyl (C=O) groups excluding carboxylic acids is 3. The predicted molar refractivity (Wildman–Crippen MR) is 109 cm³/mol. The number of nitrogens with one attached hydrogen (secondary N) is 1. The highest BCUT2D eigenvalue weighted by Crippen LogP contribution is 2.57. The molecule has 1 heterocycles. The average Bonchev–Trinajstić information content (AvgIpc) is 2.92. The molecule has 166 valence electrons. The molecular formula is C20H22N2O8S. The van der Waals surface area contributed by atoms with Crippen molar-refractivity contribution >= 4 is 27.4 Å². The van der Waals surface area contributed by atoms with Crippen LogP contribution in [0, 0.1) is 6.92 Å². The first-order valence-electron chi connectivity index (χ1n) is 9.26. The first kappa shape index (κ1) is 22.5. The lowest BCUT2D eigenvalue weighted by molar-refractivity contribution is -0.123. The highest BCUT2D eigenvalue weighted by molar-refractivity contribution is 7.89. The third-order valence-electron chi connectivity index (χ3n) is 5.54. The smallest absolute Gasteiger partial charge is 0.210 e. The Balaban J connectivity index is 2.19. The van der Waals surface area contributed by atoms with E-state index in [2.05, 4.69) is 5.32 Å². The largest absolute Gasteiger partial charge is 0.507 e. The van der Waals surface area contributed by atoms with Crippen molar-refractivity contribution in [1.29, 1.82) is 0 Å². The van der Waals surface area contributed by atoms with Gasteiger partial charge < -0.3 is 20.3 Å². The van der Waals surface area contributed by atoms with Crippen molar-refractivity contribution < 1.29 is 37.8 Å². The second kappa shape index (κ2) is 7.20. The number of ketones is 3. The SMILES string of the molecule is CC(=O)c1c(O)c(C)c(O)c2c1OC1=CC(=O)C(=C(C)NCCS(N)(=O)=O)C(=O)[C@@]12C. The van der Waals surface area contributed by atoms with Crippen molar-refractivity contribution in [2.24, 2.45) is 5.14 Å². The minimum Gasteiger partial charge on any atom is -0.507 e. The van der Waals surface area contributed by atoms with Crippen LogP contribution < -0.4 is 15.2 Å². The van der Waals surface area contributed by atoms with E-state index in [-0.39, 0.29) is 46.0 Å². The molecule has 10 nitrogen and oxygen atoms in total. The number of ether oxygens (including phenoxy) is 1. The molecular weight excluding hydrogens is 428 g/mol. The highest BCUT2D eigenvalue weighted by atomic mass is 32.2. The molecule has 0 bridgehead atoms. The molecule has 0 saturated heterocycles. The van der Waals surface area contributed by atoms with E-state index < -0.39 is 50.0 Å². The average molecular weight is 450 g/mol. The van der Waals surface area contributed by atoms with Crippen LogP contribution in [0.3, 0.4) is 0 Å². The predicted octanol–water partition coefficient (Wildman–Crippen LogP) is 0.447. The van der Waals surface area contributed by atoms with Gasteiger partial charge in [0, 0.05) is 23.9 Å². The lowest BCUT2D eigenvalue weighted by Crippen LogP contribution is -2.41. The molecule has 0 aromatic heterocycles. The summed E-state index contributed by atoms with van der Waals surface area (Å²) in [5.41, 5.74) is -1.97. The lowest BCUT2D eigenvalue weighted by Gasteiger charge is -2.29. The molecule has 3 rings (SSSR count). The lowest BCUT2D eigenvalue weighted by atomic mass is 9.70. The molecule has 0 saturated carbocycles. The standard InChI is InChI=1S/C20H22N2O8S/c1-8-16(25)14(10(3)23)18-15(17(8)26)20(4)12(30-18)7-11(24)13(19(20)27)9(2)22-5-6-31(21,28)29/h7,22,25-26H,5-6H2,1-4H3,(H2,21,28,29)/t20-/m0/s1. The topological polar surface area (TPSA) is 173 Å². The summed E-state index contributed by atoms with van der Waals surface area (Å²) >= 11 is 0. The Labute approximate surface area is 178 Å². The fourth-order valence-corrected chi connectivity index (χ4v) is 4.22. The number of aromatic hydroxyl groups is 2. The van der Waals surface area contributed by atoms with Crippen LogP contribution in [0.1, 0.15) is 42.3 Å². The van der Waals surface area contributed by atoms with Crippen LogP contribution >= 0.6 is 0 Å². The summed E-state index contributed by atoms with van der Waals surface area (Å²) in [7, 11) is -3.75. The maximum atomic E-state index is 13.5. The van der Waals surface area contributed by atoms with Crippen LogP contribution in [0.15, 0.2) is 23.1 Å². The van der Waals surface area contributed by atoms with Crippen LogP contribution in [0.25, 0.3) is 0 Å². The van der Waals surface area contributed by atoms with Gasteiger partial charge in [-0.05, 0) is 27.7 Å². The molecule has 0 unspecified atom stereocenters. The Morgan fingerprint density at radius 1 is 1.23 bits per heavy atom. The number of rotatable bonds is 5.